The molecule has 1 aliphatic heterocycles. The van der Waals surface area contributed by atoms with Crippen LogP contribution in [0.3, 0.4) is 0 Å². The molecule has 3 rings (SSSR count). The summed E-state index contributed by atoms with van der Waals surface area (Å²) in [7, 11) is -3.54. The topological polar surface area (TPSA) is 68.3 Å². The van der Waals surface area contributed by atoms with Crippen molar-refractivity contribution in [2.75, 3.05) is 19.8 Å². The number of ether oxygens (including phenoxy) is 1. The number of sulfonamides is 1. The second-order valence-corrected chi connectivity index (χ2v) is 6.97. The summed E-state index contributed by atoms with van der Waals surface area (Å²) in [5.41, 5.74) is 0.513. The number of rotatable bonds is 4. The molecular formula is C15H18N2O3S. The number of aromatic nitrogens is 1. The van der Waals surface area contributed by atoms with Crippen molar-refractivity contribution in [3.8, 4) is 0 Å². The van der Waals surface area contributed by atoms with E-state index in [1.165, 1.54) is 0 Å². The second kappa shape index (κ2) is 6.09. The second-order valence-electron chi connectivity index (χ2n) is 5.24. The minimum absolute atomic E-state index is 0.243. The normalized spacial score (nSPS) is 17.1. The van der Waals surface area contributed by atoms with Gasteiger partial charge < -0.3 is 4.74 Å². The molecular weight excluding hydrogens is 288 g/mol. The van der Waals surface area contributed by atoms with Crippen molar-refractivity contribution in [1.29, 1.82) is 0 Å². The van der Waals surface area contributed by atoms with Crippen LogP contribution in [0.4, 0.5) is 0 Å². The first kappa shape index (κ1) is 14.4. The standard InChI is InChI=1S/C15H18N2O3S/c18-21(19,17-11-12-6-9-20-10-7-12)14-5-1-3-13-4-2-8-16-15(13)14/h1-5,8,12,17H,6-7,9-11H2. The fourth-order valence-corrected chi connectivity index (χ4v) is 3.84. The number of fused-ring (bicyclic) bond motifs is 1. The first-order chi connectivity index (χ1) is 10.2. The molecule has 112 valence electrons. The third kappa shape index (κ3) is 3.23. The van der Waals surface area contributed by atoms with Crippen LogP contribution >= 0.6 is 0 Å². The summed E-state index contributed by atoms with van der Waals surface area (Å²) in [5, 5.41) is 0.825. The van der Waals surface area contributed by atoms with Crippen LogP contribution in [0, 0.1) is 5.92 Å². The number of nitrogens with zero attached hydrogens (tertiary/aromatic N) is 1. The third-order valence-electron chi connectivity index (χ3n) is 3.79. The Morgan fingerprint density at radius 3 is 2.76 bits per heavy atom. The molecule has 1 fully saturated rings. The molecule has 5 nitrogen and oxygen atoms in total. The molecule has 0 atom stereocenters. The zero-order chi connectivity index (χ0) is 14.7. The van der Waals surface area contributed by atoms with E-state index in [9.17, 15) is 8.42 Å². The summed E-state index contributed by atoms with van der Waals surface area (Å²) >= 11 is 0. The quantitative estimate of drug-likeness (QED) is 0.937. The lowest BCUT2D eigenvalue weighted by Crippen LogP contribution is -2.32. The van der Waals surface area contributed by atoms with E-state index in [0.29, 0.717) is 31.2 Å². The lowest BCUT2D eigenvalue weighted by molar-refractivity contribution is 0.0678. The molecule has 21 heavy (non-hydrogen) atoms. The van der Waals surface area contributed by atoms with Crippen LogP contribution in [-0.4, -0.2) is 33.2 Å². The SMILES string of the molecule is O=S(=O)(NCC1CCOCC1)c1cccc2cccnc12. The Balaban J connectivity index is 1.83. The van der Waals surface area contributed by atoms with Crippen LogP contribution in [0.25, 0.3) is 10.9 Å². The Morgan fingerprint density at radius 2 is 1.95 bits per heavy atom. The zero-order valence-electron chi connectivity index (χ0n) is 11.7. The summed E-state index contributed by atoms with van der Waals surface area (Å²) in [6.45, 7) is 1.87. The number of benzene rings is 1. The summed E-state index contributed by atoms with van der Waals surface area (Å²) < 4.78 is 33.0. The molecule has 0 spiro atoms. The summed E-state index contributed by atoms with van der Waals surface area (Å²) in [6, 6.07) is 8.86. The highest BCUT2D eigenvalue weighted by Gasteiger charge is 2.21. The van der Waals surface area contributed by atoms with Gasteiger partial charge in [-0.3, -0.25) is 4.98 Å². The molecule has 2 aromatic rings. The summed E-state index contributed by atoms with van der Waals surface area (Å²) in [4.78, 5) is 4.45. The first-order valence-electron chi connectivity index (χ1n) is 7.08. The maximum absolute atomic E-state index is 12.5. The maximum Gasteiger partial charge on any atom is 0.242 e. The highest BCUT2D eigenvalue weighted by molar-refractivity contribution is 7.89. The molecule has 2 heterocycles. The van der Waals surface area contributed by atoms with Crippen molar-refractivity contribution >= 4 is 20.9 Å². The van der Waals surface area contributed by atoms with E-state index < -0.39 is 10.0 Å². The van der Waals surface area contributed by atoms with Crippen molar-refractivity contribution in [3.63, 3.8) is 0 Å². The molecule has 6 heteroatoms. The fourth-order valence-electron chi connectivity index (χ4n) is 2.55. The van der Waals surface area contributed by atoms with Gasteiger partial charge in [0.2, 0.25) is 10.0 Å². The van der Waals surface area contributed by atoms with Crippen molar-refractivity contribution in [3.05, 3.63) is 36.5 Å². The van der Waals surface area contributed by atoms with E-state index in [0.717, 1.165) is 18.2 Å². The van der Waals surface area contributed by atoms with Gasteiger partial charge in [0.1, 0.15) is 4.90 Å². The van der Waals surface area contributed by atoms with Gasteiger partial charge in [0, 0.05) is 31.3 Å². The Bertz CT molecular complexity index is 719. The van der Waals surface area contributed by atoms with E-state index in [1.54, 1.807) is 24.4 Å². The lowest BCUT2D eigenvalue weighted by atomic mass is 10.0. The molecule has 0 unspecified atom stereocenters. The monoisotopic (exact) mass is 306 g/mol. The average Bonchev–Trinajstić information content (AvgIpc) is 2.53. The summed E-state index contributed by atoms with van der Waals surface area (Å²) in [6.07, 6.45) is 3.41. The van der Waals surface area contributed by atoms with Crippen LogP contribution in [0.15, 0.2) is 41.4 Å². The molecule has 1 N–H and O–H groups in total. The van der Waals surface area contributed by atoms with Crippen LogP contribution in [0.1, 0.15) is 12.8 Å². The van der Waals surface area contributed by atoms with E-state index in [-0.39, 0.29) is 4.90 Å². The molecule has 0 aliphatic carbocycles. The maximum atomic E-state index is 12.5. The van der Waals surface area contributed by atoms with E-state index in [1.807, 2.05) is 12.1 Å². The van der Waals surface area contributed by atoms with Gasteiger partial charge >= 0.3 is 0 Å². The highest BCUT2D eigenvalue weighted by atomic mass is 32.2. The Kier molecular flexibility index (Phi) is 4.19. The predicted octanol–water partition coefficient (Wildman–Crippen LogP) is 1.94. The first-order valence-corrected chi connectivity index (χ1v) is 8.56. The van der Waals surface area contributed by atoms with Gasteiger partial charge in [0.05, 0.1) is 5.52 Å². The number of hydrogen-bond acceptors (Lipinski definition) is 4. The number of nitrogens with one attached hydrogen (secondary N) is 1. The lowest BCUT2D eigenvalue weighted by Gasteiger charge is -2.22. The van der Waals surface area contributed by atoms with Crippen LogP contribution in [0.5, 0.6) is 0 Å². The molecule has 1 saturated heterocycles. The van der Waals surface area contributed by atoms with Gasteiger partial charge in [0.25, 0.3) is 0 Å². The van der Waals surface area contributed by atoms with E-state index in [4.69, 9.17) is 4.74 Å². The molecule has 0 saturated carbocycles. The predicted molar refractivity (Wildman–Crippen MR) is 80.5 cm³/mol. The van der Waals surface area contributed by atoms with Gasteiger partial charge in [-0.2, -0.15) is 0 Å². The molecule has 1 aromatic heterocycles. The van der Waals surface area contributed by atoms with Crippen molar-refractivity contribution in [2.24, 2.45) is 5.92 Å². The van der Waals surface area contributed by atoms with E-state index in [2.05, 4.69) is 9.71 Å². The van der Waals surface area contributed by atoms with Crippen LogP contribution < -0.4 is 4.72 Å². The van der Waals surface area contributed by atoms with Crippen molar-refractivity contribution < 1.29 is 13.2 Å². The zero-order valence-corrected chi connectivity index (χ0v) is 12.5. The number of pyridine rings is 1. The van der Waals surface area contributed by atoms with Crippen LogP contribution in [-0.2, 0) is 14.8 Å². The Morgan fingerprint density at radius 1 is 1.19 bits per heavy atom. The summed E-state index contributed by atoms with van der Waals surface area (Å²) in [5.74, 6) is 0.344. The number of para-hydroxylation sites is 1. The highest BCUT2D eigenvalue weighted by Crippen LogP contribution is 2.21. The Labute approximate surface area is 124 Å². The van der Waals surface area contributed by atoms with Gasteiger partial charge in [-0.05, 0) is 30.9 Å². The number of hydrogen-bond donors (Lipinski definition) is 1. The van der Waals surface area contributed by atoms with Crippen molar-refractivity contribution in [1.82, 2.24) is 9.71 Å². The molecule has 0 bridgehead atoms. The average molecular weight is 306 g/mol. The minimum atomic E-state index is -3.54. The molecule has 1 aromatic carbocycles. The molecule has 1 aliphatic rings. The van der Waals surface area contributed by atoms with Gasteiger partial charge in [-0.15, -0.1) is 0 Å². The van der Waals surface area contributed by atoms with Crippen LogP contribution in [0.2, 0.25) is 0 Å². The van der Waals surface area contributed by atoms with Gasteiger partial charge in [-0.25, -0.2) is 13.1 Å². The third-order valence-corrected chi connectivity index (χ3v) is 5.24. The fraction of sp³-hybridized carbons (Fsp3) is 0.400. The van der Waals surface area contributed by atoms with E-state index >= 15 is 0 Å². The minimum Gasteiger partial charge on any atom is -0.381 e. The molecule has 0 radical (unpaired) electrons. The Hall–Kier alpha value is -1.50. The van der Waals surface area contributed by atoms with Gasteiger partial charge in [0.15, 0.2) is 0 Å². The van der Waals surface area contributed by atoms with Gasteiger partial charge in [-0.1, -0.05) is 18.2 Å². The largest absolute Gasteiger partial charge is 0.381 e. The smallest absolute Gasteiger partial charge is 0.242 e. The van der Waals surface area contributed by atoms with Crippen molar-refractivity contribution in [2.45, 2.75) is 17.7 Å². The molecule has 0 amide bonds.